The molecule has 0 fully saturated rings. The van der Waals surface area contributed by atoms with Crippen molar-refractivity contribution in [3.05, 3.63) is 32.8 Å². The number of fused-ring (bicyclic) bond motifs is 1. The van der Waals surface area contributed by atoms with Crippen LogP contribution in [0.1, 0.15) is 5.56 Å². The molecule has 0 amide bonds. The summed E-state index contributed by atoms with van der Waals surface area (Å²) in [4.78, 5) is 14.6. The number of hydrogen-bond acceptors (Lipinski definition) is 2. The van der Waals surface area contributed by atoms with E-state index in [4.69, 9.17) is 0 Å². The van der Waals surface area contributed by atoms with Crippen LogP contribution < -0.4 is 5.11 Å². The minimum atomic E-state index is -1.02. The fraction of sp³-hybridized carbons (Fsp3) is 0.357. The van der Waals surface area contributed by atoms with Gasteiger partial charge in [0.25, 0.3) is 0 Å². The largest absolute Gasteiger partial charge is 0.544 e. The number of carbonyl (C=O) groups is 1. The quantitative estimate of drug-likeness (QED) is 0.794. The second-order valence-electron chi connectivity index (χ2n) is 5.78. The van der Waals surface area contributed by atoms with E-state index in [0.717, 1.165) is 25.4 Å². The maximum atomic E-state index is 11.4. The Hall–Kier alpha value is -0.850. The van der Waals surface area contributed by atoms with Gasteiger partial charge >= 0.3 is 0 Å². The second-order valence-corrected chi connectivity index (χ2v) is 7.49. The number of aliphatic carboxylic acids is 1. The predicted octanol–water partition coefficient (Wildman–Crippen LogP) is 2.06. The Morgan fingerprint density at radius 3 is 2.45 bits per heavy atom. The normalized spacial score (nSPS) is 13.7. The standard InChI is InChI=1S/C14H16Br2N2O2/c1-18(2,3)13(14(19)20)4-8-7-17-12-6-11(16)10(15)5-9(8)12/h5-7,13,17H,4H2,1-3H3/t13-/m0/s1. The highest BCUT2D eigenvalue weighted by molar-refractivity contribution is 9.13. The molecule has 0 saturated heterocycles. The molecule has 0 radical (unpaired) electrons. The van der Waals surface area contributed by atoms with Crippen molar-refractivity contribution in [2.45, 2.75) is 12.5 Å². The molecule has 0 unspecified atom stereocenters. The lowest BCUT2D eigenvalue weighted by atomic mass is 10.0. The van der Waals surface area contributed by atoms with Crippen LogP contribution in [0.3, 0.4) is 0 Å². The van der Waals surface area contributed by atoms with Gasteiger partial charge in [-0.15, -0.1) is 0 Å². The van der Waals surface area contributed by atoms with Crippen LogP contribution in [0.2, 0.25) is 0 Å². The summed E-state index contributed by atoms with van der Waals surface area (Å²) < 4.78 is 2.23. The predicted molar refractivity (Wildman–Crippen MR) is 84.2 cm³/mol. The van der Waals surface area contributed by atoms with Crippen LogP contribution in [-0.2, 0) is 11.2 Å². The number of aromatic amines is 1. The van der Waals surface area contributed by atoms with Gasteiger partial charge < -0.3 is 19.4 Å². The van der Waals surface area contributed by atoms with Crippen molar-refractivity contribution < 1.29 is 14.4 Å². The molecular formula is C14H16Br2N2O2. The Bertz CT molecular complexity index is 659. The van der Waals surface area contributed by atoms with Crippen molar-refractivity contribution in [2.24, 2.45) is 0 Å². The summed E-state index contributed by atoms with van der Waals surface area (Å²) in [5, 5.41) is 12.4. The molecule has 2 rings (SSSR count). The molecule has 20 heavy (non-hydrogen) atoms. The lowest BCUT2D eigenvalue weighted by Gasteiger charge is -2.34. The van der Waals surface area contributed by atoms with E-state index in [2.05, 4.69) is 36.8 Å². The van der Waals surface area contributed by atoms with E-state index >= 15 is 0 Å². The van der Waals surface area contributed by atoms with Crippen molar-refractivity contribution >= 4 is 48.7 Å². The summed E-state index contributed by atoms with van der Waals surface area (Å²) in [6.07, 6.45) is 2.30. The van der Waals surface area contributed by atoms with Gasteiger partial charge in [0.1, 0.15) is 6.04 Å². The minimum absolute atomic E-state index is 0.326. The summed E-state index contributed by atoms with van der Waals surface area (Å²) in [7, 11) is 5.59. The van der Waals surface area contributed by atoms with Gasteiger partial charge in [-0.2, -0.15) is 0 Å². The number of quaternary nitrogens is 1. The SMILES string of the molecule is C[N+](C)(C)[C@@H](Cc1c[nH]c2cc(Br)c(Br)cc12)C(=O)[O-]. The highest BCUT2D eigenvalue weighted by Gasteiger charge is 2.26. The number of halogens is 2. The summed E-state index contributed by atoms with van der Waals surface area (Å²) in [6, 6.07) is 3.38. The third-order valence-electron chi connectivity index (χ3n) is 3.43. The van der Waals surface area contributed by atoms with Crippen LogP contribution >= 0.6 is 31.9 Å². The smallest absolute Gasteiger partial charge is 0.133 e. The molecule has 108 valence electrons. The summed E-state index contributed by atoms with van der Waals surface area (Å²) in [6.45, 7) is 0. The molecule has 0 aliphatic heterocycles. The van der Waals surface area contributed by atoms with Gasteiger partial charge in [0.05, 0.1) is 27.1 Å². The first kappa shape index (κ1) is 15.5. The van der Waals surface area contributed by atoms with Gasteiger partial charge in [-0.05, 0) is 49.6 Å². The average Bonchev–Trinajstić information content (AvgIpc) is 2.67. The van der Waals surface area contributed by atoms with E-state index in [1.54, 1.807) is 0 Å². The number of nitrogens with one attached hydrogen (secondary N) is 1. The zero-order valence-electron chi connectivity index (χ0n) is 11.5. The average molecular weight is 404 g/mol. The molecule has 0 saturated carbocycles. The number of nitrogens with zero attached hydrogens (tertiary/aromatic N) is 1. The fourth-order valence-corrected chi connectivity index (χ4v) is 2.91. The Labute approximate surface area is 134 Å². The Balaban J connectivity index is 2.43. The molecule has 0 spiro atoms. The minimum Gasteiger partial charge on any atom is -0.544 e. The number of benzene rings is 1. The molecule has 0 bridgehead atoms. The lowest BCUT2D eigenvalue weighted by Crippen LogP contribution is -2.55. The van der Waals surface area contributed by atoms with Gasteiger partial charge in [-0.3, -0.25) is 0 Å². The molecule has 1 N–H and O–H groups in total. The van der Waals surface area contributed by atoms with Crippen molar-refractivity contribution in [3.8, 4) is 0 Å². The Kier molecular flexibility index (Phi) is 4.27. The Morgan fingerprint density at radius 1 is 1.30 bits per heavy atom. The summed E-state index contributed by atoms with van der Waals surface area (Å²) in [5.74, 6) is -1.02. The molecule has 1 heterocycles. The van der Waals surface area contributed by atoms with Gasteiger partial charge in [-0.25, -0.2) is 0 Å². The monoisotopic (exact) mass is 402 g/mol. The van der Waals surface area contributed by atoms with Gasteiger partial charge in [0, 0.05) is 32.5 Å². The number of carbonyl (C=O) groups excluding carboxylic acids is 1. The van der Waals surface area contributed by atoms with E-state index in [-0.39, 0.29) is 0 Å². The molecular weight excluding hydrogens is 388 g/mol. The zero-order chi connectivity index (χ0) is 15.1. The number of aromatic nitrogens is 1. The first-order valence-corrected chi connectivity index (χ1v) is 7.75. The van der Waals surface area contributed by atoms with Gasteiger partial charge in [0.15, 0.2) is 0 Å². The van der Waals surface area contributed by atoms with E-state index < -0.39 is 12.0 Å². The third-order valence-corrected chi connectivity index (χ3v) is 5.27. The van der Waals surface area contributed by atoms with Crippen LogP contribution in [0, 0.1) is 0 Å². The first-order chi connectivity index (χ1) is 9.20. The number of carboxylic acid groups (broad SMARTS) is 1. The van der Waals surface area contributed by atoms with Crippen molar-refractivity contribution in [3.63, 3.8) is 0 Å². The third kappa shape index (κ3) is 3.07. The second kappa shape index (κ2) is 5.50. The van der Waals surface area contributed by atoms with Crippen molar-refractivity contribution in [1.29, 1.82) is 0 Å². The van der Waals surface area contributed by atoms with Crippen molar-refractivity contribution in [1.82, 2.24) is 4.98 Å². The van der Waals surface area contributed by atoms with Crippen LogP contribution in [0.4, 0.5) is 0 Å². The maximum absolute atomic E-state index is 11.4. The van der Waals surface area contributed by atoms with E-state index in [1.165, 1.54) is 0 Å². The maximum Gasteiger partial charge on any atom is 0.133 e. The number of rotatable bonds is 4. The number of likely N-dealkylation sites (N-methyl/N-ethyl adjacent to an activating group) is 1. The van der Waals surface area contributed by atoms with Crippen LogP contribution in [0.5, 0.6) is 0 Å². The summed E-state index contributed by atoms with van der Waals surface area (Å²) in [5.41, 5.74) is 1.96. The molecule has 6 heteroatoms. The van der Waals surface area contributed by atoms with Gasteiger partial charge in [0.2, 0.25) is 0 Å². The zero-order valence-corrected chi connectivity index (χ0v) is 14.7. The van der Waals surface area contributed by atoms with Crippen LogP contribution in [0.25, 0.3) is 10.9 Å². The lowest BCUT2D eigenvalue weighted by molar-refractivity contribution is -0.889. The molecule has 0 aliphatic rings. The van der Waals surface area contributed by atoms with E-state index in [0.29, 0.717) is 10.9 Å². The van der Waals surface area contributed by atoms with Crippen LogP contribution in [-0.4, -0.2) is 42.6 Å². The topological polar surface area (TPSA) is 55.9 Å². The molecule has 4 nitrogen and oxygen atoms in total. The Morgan fingerprint density at radius 2 is 1.90 bits per heavy atom. The van der Waals surface area contributed by atoms with Crippen LogP contribution in [0.15, 0.2) is 27.3 Å². The number of hydrogen-bond donors (Lipinski definition) is 1. The molecule has 2 aromatic rings. The van der Waals surface area contributed by atoms with E-state index in [1.807, 2.05) is 39.5 Å². The molecule has 1 atom stereocenters. The summed E-state index contributed by atoms with van der Waals surface area (Å²) >= 11 is 6.93. The van der Waals surface area contributed by atoms with Gasteiger partial charge in [-0.1, -0.05) is 0 Å². The molecule has 1 aromatic heterocycles. The van der Waals surface area contributed by atoms with E-state index in [9.17, 15) is 9.90 Å². The fourth-order valence-electron chi connectivity index (χ4n) is 2.23. The molecule has 0 aliphatic carbocycles. The highest BCUT2D eigenvalue weighted by atomic mass is 79.9. The number of carboxylic acids is 1. The highest BCUT2D eigenvalue weighted by Crippen LogP contribution is 2.30. The van der Waals surface area contributed by atoms with Crippen molar-refractivity contribution in [2.75, 3.05) is 21.1 Å². The molecule has 1 aromatic carbocycles. The first-order valence-electron chi connectivity index (χ1n) is 6.17. The number of H-pyrrole nitrogens is 1.